The largest absolute Gasteiger partial charge is 0.505 e. The van der Waals surface area contributed by atoms with Crippen LogP contribution in [0.2, 0.25) is 0 Å². The molecule has 2 atom stereocenters. The molecule has 4 N–H and O–H groups in total. The quantitative estimate of drug-likeness (QED) is 0.671. The molecule has 0 heterocycles. The van der Waals surface area contributed by atoms with E-state index in [-0.39, 0.29) is 5.56 Å². The molecule has 0 amide bonds. The Kier molecular flexibility index (Phi) is 3.08. The first-order valence-corrected chi connectivity index (χ1v) is 4.36. The van der Waals surface area contributed by atoms with Crippen LogP contribution in [0.3, 0.4) is 0 Å². The molecule has 0 aliphatic carbocycles. The lowest BCUT2D eigenvalue weighted by molar-refractivity contribution is 0.162. The smallest absolute Gasteiger partial charge is 0.165 e. The number of aliphatic hydroxyl groups is 1. The summed E-state index contributed by atoms with van der Waals surface area (Å²) in [6.07, 6.45) is -0.831. The fourth-order valence-electron chi connectivity index (χ4n) is 1.28. The fraction of sp³-hybridized carbons (Fsp3) is 0.400. The summed E-state index contributed by atoms with van der Waals surface area (Å²) in [5, 5.41) is 18.6. The van der Waals surface area contributed by atoms with Gasteiger partial charge in [0.25, 0.3) is 0 Å². The van der Waals surface area contributed by atoms with Crippen molar-refractivity contribution in [1.82, 2.24) is 0 Å². The Balaban J connectivity index is 3.20. The molecule has 0 fully saturated rings. The molecule has 0 aliphatic rings. The van der Waals surface area contributed by atoms with Crippen molar-refractivity contribution < 1.29 is 14.6 Å². The van der Waals surface area contributed by atoms with E-state index in [1.165, 1.54) is 13.0 Å². The van der Waals surface area contributed by atoms with Gasteiger partial charge in [-0.1, -0.05) is 6.07 Å². The molecular weight excluding hydrogens is 185 g/mol. The summed E-state index contributed by atoms with van der Waals surface area (Å²) < 4.78 is 13.1. The molecule has 14 heavy (non-hydrogen) atoms. The molecule has 78 valence electrons. The second-order valence-corrected chi connectivity index (χ2v) is 3.45. The van der Waals surface area contributed by atoms with Gasteiger partial charge in [0.2, 0.25) is 0 Å². The van der Waals surface area contributed by atoms with Gasteiger partial charge in [-0.05, 0) is 25.5 Å². The summed E-state index contributed by atoms with van der Waals surface area (Å²) in [4.78, 5) is 0. The number of aryl methyl sites for hydroxylation is 1. The topological polar surface area (TPSA) is 66.5 Å². The second kappa shape index (κ2) is 3.94. The van der Waals surface area contributed by atoms with Crippen LogP contribution in [0.1, 0.15) is 24.1 Å². The molecule has 0 spiro atoms. The van der Waals surface area contributed by atoms with E-state index < -0.39 is 23.7 Å². The van der Waals surface area contributed by atoms with Crippen molar-refractivity contribution in [2.75, 3.05) is 0 Å². The first-order valence-electron chi connectivity index (χ1n) is 4.36. The van der Waals surface area contributed by atoms with E-state index in [0.717, 1.165) is 0 Å². The molecule has 1 aromatic carbocycles. The molecular formula is C10H14FNO2. The molecule has 0 saturated carbocycles. The number of benzene rings is 1. The number of halogens is 1. The van der Waals surface area contributed by atoms with Crippen LogP contribution in [0.4, 0.5) is 4.39 Å². The molecule has 0 bridgehead atoms. The van der Waals surface area contributed by atoms with E-state index in [0.29, 0.717) is 5.56 Å². The van der Waals surface area contributed by atoms with Gasteiger partial charge in [0, 0.05) is 5.56 Å². The summed E-state index contributed by atoms with van der Waals surface area (Å²) in [6, 6.07) is 2.01. The number of phenols is 1. The third-order valence-electron chi connectivity index (χ3n) is 2.12. The first-order chi connectivity index (χ1) is 6.43. The molecule has 1 aromatic rings. The zero-order valence-corrected chi connectivity index (χ0v) is 8.16. The van der Waals surface area contributed by atoms with Gasteiger partial charge < -0.3 is 15.9 Å². The normalized spacial score (nSPS) is 15.2. The van der Waals surface area contributed by atoms with Crippen LogP contribution < -0.4 is 5.73 Å². The monoisotopic (exact) mass is 199 g/mol. The first kappa shape index (κ1) is 10.9. The maximum absolute atomic E-state index is 13.1. The Morgan fingerprint density at radius 2 is 2.00 bits per heavy atom. The summed E-state index contributed by atoms with van der Waals surface area (Å²) in [7, 11) is 0. The summed E-state index contributed by atoms with van der Waals surface area (Å²) in [5.41, 5.74) is 6.49. The molecule has 1 rings (SSSR count). The van der Waals surface area contributed by atoms with Gasteiger partial charge in [-0.2, -0.15) is 0 Å². The highest BCUT2D eigenvalue weighted by atomic mass is 19.1. The molecule has 0 aromatic heterocycles. The van der Waals surface area contributed by atoms with Gasteiger partial charge in [0.15, 0.2) is 11.6 Å². The lowest BCUT2D eigenvalue weighted by Gasteiger charge is -2.17. The Hall–Kier alpha value is -1.13. The van der Waals surface area contributed by atoms with Crippen molar-refractivity contribution >= 4 is 0 Å². The number of hydrogen-bond acceptors (Lipinski definition) is 3. The molecule has 0 unspecified atom stereocenters. The molecule has 0 aliphatic heterocycles. The highest BCUT2D eigenvalue weighted by Crippen LogP contribution is 2.28. The number of nitrogens with two attached hydrogens (primary N) is 1. The van der Waals surface area contributed by atoms with Gasteiger partial charge in [-0.15, -0.1) is 0 Å². The van der Waals surface area contributed by atoms with Crippen LogP contribution in [0.15, 0.2) is 12.1 Å². The zero-order valence-electron chi connectivity index (χ0n) is 8.16. The molecule has 4 heteroatoms. The predicted octanol–water partition coefficient (Wildman–Crippen LogP) is 1.22. The Bertz CT molecular complexity index is 339. The lowest BCUT2D eigenvalue weighted by atomic mass is 10.00. The summed E-state index contributed by atoms with van der Waals surface area (Å²) in [5.74, 6) is -1.19. The SMILES string of the molecule is Cc1cc(F)c(O)c([C@@H](N)[C@H](C)O)c1. The van der Waals surface area contributed by atoms with Gasteiger partial charge >= 0.3 is 0 Å². The zero-order chi connectivity index (χ0) is 10.9. The van der Waals surface area contributed by atoms with E-state index in [2.05, 4.69) is 0 Å². The number of hydrogen-bond donors (Lipinski definition) is 3. The number of phenolic OH excluding ortho intramolecular Hbond substituents is 1. The minimum atomic E-state index is -0.831. The average Bonchev–Trinajstić information content (AvgIpc) is 2.09. The Labute approximate surface area is 82.0 Å². The molecule has 0 saturated heterocycles. The lowest BCUT2D eigenvalue weighted by Crippen LogP contribution is -2.23. The minimum absolute atomic E-state index is 0.234. The molecule has 0 radical (unpaired) electrons. The summed E-state index contributed by atoms with van der Waals surface area (Å²) >= 11 is 0. The van der Waals surface area contributed by atoms with Gasteiger partial charge in [0.1, 0.15) is 0 Å². The van der Waals surface area contributed by atoms with E-state index in [1.807, 2.05) is 0 Å². The third-order valence-corrected chi connectivity index (χ3v) is 2.12. The van der Waals surface area contributed by atoms with Crippen molar-refractivity contribution in [3.05, 3.63) is 29.1 Å². The Morgan fingerprint density at radius 3 is 2.50 bits per heavy atom. The van der Waals surface area contributed by atoms with Gasteiger partial charge in [-0.25, -0.2) is 4.39 Å². The van der Waals surface area contributed by atoms with Crippen molar-refractivity contribution in [3.63, 3.8) is 0 Å². The van der Waals surface area contributed by atoms with E-state index in [1.54, 1.807) is 13.0 Å². The van der Waals surface area contributed by atoms with Gasteiger partial charge in [-0.3, -0.25) is 0 Å². The van der Waals surface area contributed by atoms with Crippen LogP contribution >= 0.6 is 0 Å². The van der Waals surface area contributed by atoms with E-state index in [9.17, 15) is 14.6 Å². The van der Waals surface area contributed by atoms with Crippen LogP contribution in [0, 0.1) is 12.7 Å². The van der Waals surface area contributed by atoms with Crippen LogP contribution in [0.25, 0.3) is 0 Å². The van der Waals surface area contributed by atoms with Crippen LogP contribution in [-0.2, 0) is 0 Å². The predicted molar refractivity (Wildman–Crippen MR) is 51.4 cm³/mol. The standard InChI is InChI=1S/C10H14FNO2/c1-5-3-7(9(12)6(2)13)10(14)8(11)4-5/h3-4,6,9,13-14H,12H2,1-2H3/t6-,9-/m0/s1. The van der Waals surface area contributed by atoms with E-state index >= 15 is 0 Å². The van der Waals surface area contributed by atoms with Crippen molar-refractivity contribution in [2.24, 2.45) is 5.73 Å². The van der Waals surface area contributed by atoms with Crippen LogP contribution in [0.5, 0.6) is 5.75 Å². The van der Waals surface area contributed by atoms with Crippen molar-refractivity contribution in [2.45, 2.75) is 26.0 Å². The third kappa shape index (κ3) is 2.02. The fourth-order valence-corrected chi connectivity index (χ4v) is 1.28. The van der Waals surface area contributed by atoms with Crippen molar-refractivity contribution in [1.29, 1.82) is 0 Å². The maximum Gasteiger partial charge on any atom is 0.165 e. The second-order valence-electron chi connectivity index (χ2n) is 3.45. The highest BCUT2D eigenvalue weighted by molar-refractivity contribution is 5.39. The van der Waals surface area contributed by atoms with E-state index in [4.69, 9.17) is 5.73 Å². The number of aromatic hydroxyl groups is 1. The number of aliphatic hydroxyl groups excluding tert-OH is 1. The minimum Gasteiger partial charge on any atom is -0.505 e. The maximum atomic E-state index is 13.1. The molecule has 3 nitrogen and oxygen atoms in total. The highest BCUT2D eigenvalue weighted by Gasteiger charge is 2.18. The Morgan fingerprint density at radius 1 is 1.43 bits per heavy atom. The number of rotatable bonds is 2. The summed E-state index contributed by atoms with van der Waals surface area (Å²) in [6.45, 7) is 3.19. The van der Waals surface area contributed by atoms with Gasteiger partial charge in [0.05, 0.1) is 12.1 Å². The van der Waals surface area contributed by atoms with Crippen molar-refractivity contribution in [3.8, 4) is 5.75 Å². The van der Waals surface area contributed by atoms with Crippen LogP contribution in [-0.4, -0.2) is 16.3 Å². The average molecular weight is 199 g/mol.